The highest BCUT2D eigenvalue weighted by atomic mass is 19.4. The van der Waals surface area contributed by atoms with Gasteiger partial charge < -0.3 is 10.5 Å². The fraction of sp³-hybridized carbons (Fsp3) is 0.400. The molecule has 0 bridgehead atoms. The van der Waals surface area contributed by atoms with E-state index in [9.17, 15) is 26.3 Å². The third-order valence-corrected chi connectivity index (χ3v) is 2.30. The van der Waals surface area contributed by atoms with E-state index in [1.807, 2.05) is 0 Å². The fourth-order valence-corrected chi connectivity index (χ4v) is 1.31. The predicted molar refractivity (Wildman–Crippen MR) is 50.9 cm³/mol. The zero-order valence-corrected chi connectivity index (χ0v) is 9.06. The molecule has 0 unspecified atom stereocenters. The molecule has 0 aliphatic heterocycles. The van der Waals surface area contributed by atoms with E-state index in [2.05, 4.69) is 4.74 Å². The average Bonchev–Trinajstić information content (AvgIpc) is 2.26. The maximum atomic E-state index is 13.0. The molecule has 0 amide bonds. The van der Waals surface area contributed by atoms with Gasteiger partial charge in [-0.1, -0.05) is 6.07 Å². The molecule has 1 aromatic carbocycles. The third-order valence-electron chi connectivity index (χ3n) is 2.30. The van der Waals surface area contributed by atoms with E-state index in [4.69, 9.17) is 5.73 Å². The first-order chi connectivity index (χ1) is 8.11. The monoisotopic (exact) mass is 273 g/mol. The highest BCUT2D eigenvalue weighted by Crippen LogP contribution is 2.45. The van der Waals surface area contributed by atoms with Crippen LogP contribution in [0.3, 0.4) is 0 Å². The summed E-state index contributed by atoms with van der Waals surface area (Å²) in [7, 11) is 1.01. The highest BCUT2D eigenvalue weighted by molar-refractivity contribution is 5.37. The molecular formula is C10H9F6NO. The van der Waals surface area contributed by atoms with Crippen molar-refractivity contribution in [2.24, 2.45) is 5.73 Å². The first-order valence-corrected chi connectivity index (χ1v) is 4.64. The van der Waals surface area contributed by atoms with Crippen molar-refractivity contribution in [3.8, 4) is 5.75 Å². The molecule has 0 saturated heterocycles. The van der Waals surface area contributed by atoms with Gasteiger partial charge >= 0.3 is 12.1 Å². The number of benzene rings is 1. The Hall–Kier alpha value is -1.44. The second-order valence-electron chi connectivity index (χ2n) is 3.48. The molecule has 0 heterocycles. The van der Waals surface area contributed by atoms with Crippen molar-refractivity contribution in [1.29, 1.82) is 0 Å². The first kappa shape index (κ1) is 14.6. The molecule has 18 heavy (non-hydrogen) atoms. The lowest BCUT2D eigenvalue weighted by atomic mass is 10.00. The molecule has 0 aromatic heterocycles. The van der Waals surface area contributed by atoms with Crippen LogP contribution in [-0.4, -0.2) is 19.2 Å². The molecule has 1 aromatic rings. The zero-order valence-electron chi connectivity index (χ0n) is 9.06. The summed E-state index contributed by atoms with van der Waals surface area (Å²) < 4.78 is 79.8. The Balaban J connectivity index is 3.23. The van der Waals surface area contributed by atoms with E-state index in [1.165, 1.54) is 0 Å². The van der Waals surface area contributed by atoms with E-state index in [0.29, 0.717) is 6.07 Å². The van der Waals surface area contributed by atoms with Crippen LogP contribution in [0, 0.1) is 5.82 Å². The number of ether oxygens (including phenoxy) is 1. The Morgan fingerprint density at radius 2 is 1.72 bits per heavy atom. The van der Waals surface area contributed by atoms with E-state index in [-0.39, 0.29) is 0 Å². The molecule has 0 saturated carbocycles. The Labute approximate surface area is 98.3 Å². The van der Waals surface area contributed by atoms with Gasteiger partial charge in [0.15, 0.2) is 0 Å². The first-order valence-electron chi connectivity index (χ1n) is 4.64. The standard InChI is InChI=1S/C10H9F6NO/c1-18-7-4-5(11)2-3-6(7)8(17)9(12,13)10(14,15)16/h2-4,8H,17H2,1H3/t8-/m0/s1. The van der Waals surface area contributed by atoms with Gasteiger partial charge in [-0.25, -0.2) is 4.39 Å². The zero-order chi connectivity index (χ0) is 14.1. The second-order valence-corrected chi connectivity index (χ2v) is 3.48. The number of nitrogens with two attached hydrogens (primary N) is 1. The summed E-state index contributed by atoms with van der Waals surface area (Å²) >= 11 is 0. The molecule has 1 rings (SSSR count). The average molecular weight is 273 g/mol. The van der Waals surface area contributed by atoms with Gasteiger partial charge in [-0.2, -0.15) is 22.0 Å². The summed E-state index contributed by atoms with van der Waals surface area (Å²) in [5.41, 5.74) is 4.29. The topological polar surface area (TPSA) is 35.2 Å². The largest absolute Gasteiger partial charge is 0.496 e. The number of methoxy groups -OCH3 is 1. The summed E-state index contributed by atoms with van der Waals surface area (Å²) in [4.78, 5) is 0. The molecule has 2 nitrogen and oxygen atoms in total. The summed E-state index contributed by atoms with van der Waals surface area (Å²) in [5, 5.41) is 0. The Bertz CT molecular complexity index is 431. The van der Waals surface area contributed by atoms with Crippen molar-refractivity contribution in [3.05, 3.63) is 29.6 Å². The normalized spacial score (nSPS) is 14.4. The maximum Gasteiger partial charge on any atom is 0.455 e. The minimum atomic E-state index is -5.80. The van der Waals surface area contributed by atoms with Gasteiger partial charge in [0.25, 0.3) is 0 Å². The van der Waals surface area contributed by atoms with Gasteiger partial charge in [-0.05, 0) is 6.07 Å². The molecule has 0 aliphatic rings. The number of alkyl halides is 5. The minimum absolute atomic E-state index is 0.466. The summed E-state index contributed by atoms with van der Waals surface area (Å²) in [6, 6.07) is -0.530. The minimum Gasteiger partial charge on any atom is -0.496 e. The van der Waals surface area contributed by atoms with Crippen LogP contribution < -0.4 is 10.5 Å². The molecule has 0 spiro atoms. The lowest BCUT2D eigenvalue weighted by molar-refractivity contribution is -0.291. The van der Waals surface area contributed by atoms with Crippen molar-refractivity contribution < 1.29 is 31.1 Å². The summed E-state index contributed by atoms with van der Waals surface area (Å²) in [6.07, 6.45) is -5.80. The van der Waals surface area contributed by atoms with Crippen LogP contribution >= 0.6 is 0 Å². The summed E-state index contributed by atoms with van der Waals surface area (Å²) in [6.45, 7) is 0. The van der Waals surface area contributed by atoms with Crippen molar-refractivity contribution in [1.82, 2.24) is 0 Å². The van der Waals surface area contributed by atoms with Crippen molar-refractivity contribution in [3.63, 3.8) is 0 Å². The SMILES string of the molecule is COc1cc(F)ccc1[C@H](N)C(F)(F)C(F)(F)F. The van der Waals surface area contributed by atoms with Crippen LogP contribution in [0.5, 0.6) is 5.75 Å². The number of halogens is 6. The molecule has 0 aliphatic carbocycles. The smallest absolute Gasteiger partial charge is 0.455 e. The molecule has 0 radical (unpaired) electrons. The fourth-order valence-electron chi connectivity index (χ4n) is 1.31. The lowest BCUT2D eigenvalue weighted by Gasteiger charge is -2.26. The molecule has 102 valence electrons. The third kappa shape index (κ3) is 2.53. The van der Waals surface area contributed by atoms with Crippen LogP contribution in [0.15, 0.2) is 18.2 Å². The predicted octanol–water partition coefficient (Wildman–Crippen LogP) is 3.03. The lowest BCUT2D eigenvalue weighted by Crippen LogP contribution is -2.45. The van der Waals surface area contributed by atoms with Crippen LogP contribution in [0.2, 0.25) is 0 Å². The number of hydrogen-bond acceptors (Lipinski definition) is 2. The van der Waals surface area contributed by atoms with Gasteiger partial charge in [-0.3, -0.25) is 0 Å². The molecular weight excluding hydrogens is 264 g/mol. The van der Waals surface area contributed by atoms with Gasteiger partial charge in [0.05, 0.1) is 7.11 Å². The molecule has 2 N–H and O–H groups in total. The summed E-state index contributed by atoms with van der Waals surface area (Å²) in [5.74, 6) is -6.44. The molecule has 0 fully saturated rings. The van der Waals surface area contributed by atoms with Crippen molar-refractivity contribution in [2.75, 3.05) is 7.11 Å². The van der Waals surface area contributed by atoms with E-state index in [0.717, 1.165) is 19.2 Å². The Kier molecular flexibility index (Phi) is 3.80. The second kappa shape index (κ2) is 4.68. The Morgan fingerprint density at radius 3 is 2.17 bits per heavy atom. The van der Waals surface area contributed by atoms with Crippen LogP contribution in [0.1, 0.15) is 11.6 Å². The number of hydrogen-bond donors (Lipinski definition) is 1. The van der Waals surface area contributed by atoms with E-state index < -0.39 is 35.3 Å². The highest BCUT2D eigenvalue weighted by Gasteiger charge is 2.62. The van der Waals surface area contributed by atoms with Gasteiger partial charge in [0.2, 0.25) is 0 Å². The van der Waals surface area contributed by atoms with Crippen LogP contribution in [0.4, 0.5) is 26.3 Å². The van der Waals surface area contributed by atoms with E-state index >= 15 is 0 Å². The Morgan fingerprint density at radius 1 is 1.17 bits per heavy atom. The van der Waals surface area contributed by atoms with Crippen molar-refractivity contribution in [2.45, 2.75) is 18.1 Å². The molecule has 1 atom stereocenters. The maximum absolute atomic E-state index is 13.0. The van der Waals surface area contributed by atoms with Crippen LogP contribution in [0.25, 0.3) is 0 Å². The van der Waals surface area contributed by atoms with Gasteiger partial charge in [0.1, 0.15) is 17.6 Å². The van der Waals surface area contributed by atoms with Crippen LogP contribution in [-0.2, 0) is 0 Å². The van der Waals surface area contributed by atoms with E-state index in [1.54, 1.807) is 0 Å². The number of rotatable bonds is 3. The van der Waals surface area contributed by atoms with Gasteiger partial charge in [-0.15, -0.1) is 0 Å². The van der Waals surface area contributed by atoms with Crippen molar-refractivity contribution >= 4 is 0 Å². The molecule has 8 heteroatoms. The quantitative estimate of drug-likeness (QED) is 0.859. The van der Waals surface area contributed by atoms with Gasteiger partial charge in [0, 0.05) is 11.6 Å².